The highest BCUT2D eigenvalue weighted by molar-refractivity contribution is 6.26. The molecule has 3 N–H and O–H groups in total. The van der Waals surface area contributed by atoms with Gasteiger partial charge in [0, 0.05) is 18.5 Å². The maximum atomic E-state index is 9.04. The molecule has 20 heavy (non-hydrogen) atoms. The van der Waals surface area contributed by atoms with Crippen molar-refractivity contribution < 1.29 is 24.8 Å². The Labute approximate surface area is 117 Å². The van der Waals surface area contributed by atoms with Gasteiger partial charge in [-0.25, -0.2) is 9.79 Å². The molecule has 1 aliphatic heterocycles. The minimum absolute atomic E-state index is 0.129. The summed E-state index contributed by atoms with van der Waals surface area (Å²) in [5.41, 5.74) is 3.81. The average molecular weight is 278 g/mol. The van der Waals surface area contributed by atoms with Crippen molar-refractivity contribution in [2.24, 2.45) is 0 Å². The quantitative estimate of drug-likeness (QED) is 0.543. The van der Waals surface area contributed by atoms with E-state index in [-0.39, 0.29) is 5.54 Å². The van der Waals surface area contributed by atoms with Gasteiger partial charge in [0.05, 0.1) is 6.42 Å². The lowest BCUT2D eigenvalue weighted by Crippen LogP contribution is -2.65. The molecular weight excluding hydrogens is 260 g/mol. The highest BCUT2D eigenvalue weighted by Crippen LogP contribution is 2.24. The molecule has 1 aliphatic rings. The summed E-state index contributed by atoms with van der Waals surface area (Å²) in [6, 6.07) is 8.33. The molecule has 108 valence electrons. The Morgan fingerprint density at radius 2 is 1.90 bits per heavy atom. The summed E-state index contributed by atoms with van der Waals surface area (Å²) in [6.07, 6.45) is 1.04. The third kappa shape index (κ3) is 4.72. The van der Waals surface area contributed by atoms with Crippen molar-refractivity contribution >= 4 is 29.0 Å². The Bertz CT molecular complexity index is 538. The third-order valence-electron chi connectivity index (χ3n) is 2.63. The highest BCUT2D eigenvalue weighted by Gasteiger charge is 2.26. The molecule has 0 aromatic heterocycles. The monoisotopic (exact) mass is 278 g/mol. The molecule has 0 aliphatic carbocycles. The Kier molecular flexibility index (Phi) is 4.85. The second kappa shape index (κ2) is 6.18. The predicted molar refractivity (Wildman–Crippen MR) is 72.7 cm³/mol. The Hall–Kier alpha value is -2.37. The van der Waals surface area contributed by atoms with Gasteiger partial charge in [0.1, 0.15) is 5.69 Å². The first-order chi connectivity index (χ1) is 9.21. The summed E-state index contributed by atoms with van der Waals surface area (Å²) in [5, 5.41) is 19.9. The van der Waals surface area contributed by atoms with E-state index in [0.29, 0.717) is 0 Å². The van der Waals surface area contributed by atoms with E-state index in [4.69, 9.17) is 19.8 Å². The summed E-state index contributed by atoms with van der Waals surface area (Å²) < 4.78 is 0. The first-order valence-corrected chi connectivity index (χ1v) is 6.12. The Balaban J connectivity index is 0.000000286. The molecule has 1 aromatic carbocycles. The normalized spacial score (nSPS) is 15.4. The fraction of sp³-hybridized carbons (Fsp3) is 0.357. The molecule has 0 fully saturated rings. The van der Waals surface area contributed by atoms with Gasteiger partial charge in [0.15, 0.2) is 11.7 Å². The van der Waals surface area contributed by atoms with Crippen LogP contribution in [0.3, 0.4) is 0 Å². The van der Waals surface area contributed by atoms with Gasteiger partial charge in [-0.2, -0.15) is 0 Å². The van der Waals surface area contributed by atoms with Crippen LogP contribution >= 0.6 is 0 Å². The number of carboxylic acids is 2. The number of rotatable bonds is 0. The third-order valence-corrected chi connectivity index (χ3v) is 2.63. The molecule has 6 nitrogen and oxygen atoms in total. The summed E-state index contributed by atoms with van der Waals surface area (Å²) in [4.78, 5) is 21.5. The second-order valence-corrected chi connectivity index (χ2v) is 5.23. The van der Waals surface area contributed by atoms with Crippen molar-refractivity contribution in [3.8, 4) is 0 Å². The molecule has 0 amide bonds. The number of anilines is 1. The number of nitrogens with one attached hydrogen (secondary N) is 2. The molecule has 0 bridgehead atoms. The van der Waals surface area contributed by atoms with Crippen molar-refractivity contribution in [3.05, 3.63) is 24.3 Å². The van der Waals surface area contributed by atoms with E-state index in [1.807, 2.05) is 0 Å². The lowest BCUT2D eigenvalue weighted by atomic mass is 9.98. The number of aliphatic carboxylic acids is 2. The van der Waals surface area contributed by atoms with E-state index in [1.54, 1.807) is 0 Å². The van der Waals surface area contributed by atoms with Crippen LogP contribution < -0.4 is 15.4 Å². The van der Waals surface area contributed by atoms with Gasteiger partial charge in [0.2, 0.25) is 5.69 Å². The van der Waals surface area contributed by atoms with E-state index < -0.39 is 11.9 Å². The van der Waals surface area contributed by atoms with Crippen molar-refractivity contribution in [2.45, 2.75) is 32.7 Å². The van der Waals surface area contributed by atoms with Crippen LogP contribution in [0.1, 0.15) is 27.2 Å². The van der Waals surface area contributed by atoms with Crippen molar-refractivity contribution in [2.75, 3.05) is 5.32 Å². The number of benzene rings is 1. The van der Waals surface area contributed by atoms with E-state index in [0.717, 1.165) is 6.42 Å². The van der Waals surface area contributed by atoms with Crippen LogP contribution in [0.15, 0.2) is 24.3 Å². The van der Waals surface area contributed by atoms with Crippen LogP contribution in [-0.4, -0.2) is 28.3 Å². The van der Waals surface area contributed by atoms with Crippen LogP contribution in [0.25, 0.3) is 0 Å². The molecule has 0 spiro atoms. The van der Waals surface area contributed by atoms with Crippen molar-refractivity contribution in [1.29, 1.82) is 0 Å². The molecule has 0 atom stereocenters. The number of carboxylic acid groups (broad SMARTS) is 2. The Morgan fingerprint density at radius 1 is 1.35 bits per heavy atom. The molecule has 0 radical (unpaired) electrons. The van der Waals surface area contributed by atoms with Gasteiger partial charge in [-0.15, -0.1) is 0 Å². The lowest BCUT2D eigenvalue weighted by Gasteiger charge is -2.23. The van der Waals surface area contributed by atoms with Gasteiger partial charge in [-0.3, -0.25) is 0 Å². The molecule has 1 aromatic rings. The zero-order valence-corrected chi connectivity index (χ0v) is 11.7. The Morgan fingerprint density at radius 3 is 2.45 bits per heavy atom. The number of para-hydroxylation sites is 2. The number of hydrogen-bond acceptors (Lipinski definition) is 4. The van der Waals surface area contributed by atoms with Crippen LogP contribution in [0, 0.1) is 0 Å². The summed E-state index contributed by atoms with van der Waals surface area (Å²) in [7, 11) is 0. The van der Waals surface area contributed by atoms with Crippen LogP contribution in [-0.2, 0) is 9.59 Å². The fourth-order valence-corrected chi connectivity index (χ4v) is 2.05. The zero-order chi connectivity index (χ0) is 15.3. The zero-order valence-electron chi connectivity index (χ0n) is 11.7. The van der Waals surface area contributed by atoms with Gasteiger partial charge in [0.25, 0.3) is 0 Å². The molecule has 0 saturated heterocycles. The van der Waals surface area contributed by atoms with Gasteiger partial charge in [-0.05, 0) is 19.9 Å². The SMILES string of the molecule is CC1=[NH+]c2ccccc2NC(C)(C)C1.O=C([O-])C(=O)O. The molecule has 1 heterocycles. The largest absolute Gasteiger partial charge is 0.539 e. The lowest BCUT2D eigenvalue weighted by molar-refractivity contribution is -0.354. The molecule has 2 rings (SSSR count). The molecule has 0 unspecified atom stereocenters. The second-order valence-electron chi connectivity index (χ2n) is 5.23. The predicted octanol–water partition coefficient (Wildman–Crippen LogP) is -0.725. The summed E-state index contributed by atoms with van der Waals surface area (Å²) >= 11 is 0. The van der Waals surface area contributed by atoms with E-state index in [1.165, 1.54) is 17.1 Å². The van der Waals surface area contributed by atoms with Gasteiger partial charge >= 0.3 is 5.97 Å². The van der Waals surface area contributed by atoms with Crippen molar-refractivity contribution in [3.63, 3.8) is 0 Å². The first-order valence-electron chi connectivity index (χ1n) is 6.12. The van der Waals surface area contributed by atoms with Crippen molar-refractivity contribution in [1.82, 2.24) is 0 Å². The first kappa shape index (κ1) is 15.7. The number of carbonyl (C=O) groups is 2. The number of fused-ring (bicyclic) bond motifs is 1. The average Bonchev–Trinajstić information content (AvgIpc) is 2.42. The minimum atomic E-state index is -2.07. The number of hydrogen-bond donors (Lipinski definition) is 3. The van der Waals surface area contributed by atoms with Gasteiger partial charge < -0.3 is 20.3 Å². The van der Waals surface area contributed by atoms with Crippen LogP contribution in [0.5, 0.6) is 0 Å². The maximum Gasteiger partial charge on any atom is 0.351 e. The standard InChI is InChI=1S/C12H16N2.C2H2O4/c1-9-8-12(2,3)14-11-7-5-4-6-10(11)13-9;3-1(4)2(5)6/h4-7,14H,8H2,1-3H3;(H,3,4)(H,5,6). The number of carbonyl (C=O) groups excluding carboxylic acids is 1. The molecule has 6 heteroatoms. The van der Waals surface area contributed by atoms with E-state index >= 15 is 0 Å². The van der Waals surface area contributed by atoms with E-state index in [9.17, 15) is 0 Å². The van der Waals surface area contributed by atoms with Crippen LogP contribution in [0.2, 0.25) is 0 Å². The summed E-state index contributed by atoms with van der Waals surface area (Å²) in [6.45, 7) is 6.59. The topological polar surface area (TPSA) is 103 Å². The fourth-order valence-electron chi connectivity index (χ4n) is 2.05. The maximum absolute atomic E-state index is 9.04. The van der Waals surface area contributed by atoms with Crippen LogP contribution in [0.4, 0.5) is 11.4 Å². The summed E-state index contributed by atoms with van der Waals surface area (Å²) in [5.74, 6) is -4.01. The smallest absolute Gasteiger partial charge is 0.351 e. The highest BCUT2D eigenvalue weighted by atomic mass is 16.4. The molecule has 0 saturated carbocycles. The molecular formula is C14H18N2O4. The minimum Gasteiger partial charge on any atom is -0.539 e. The van der Waals surface area contributed by atoms with E-state index in [2.05, 4.69) is 55.3 Å². The van der Waals surface area contributed by atoms with Gasteiger partial charge in [-0.1, -0.05) is 12.1 Å².